The molecule has 5 rings (SSSR count). The van der Waals surface area contributed by atoms with Crippen molar-refractivity contribution >= 4 is 38.7 Å². The summed E-state index contributed by atoms with van der Waals surface area (Å²) in [5, 5.41) is 3.88. The van der Waals surface area contributed by atoms with Crippen molar-refractivity contribution in [2.45, 2.75) is 63.7 Å². The van der Waals surface area contributed by atoms with E-state index in [2.05, 4.69) is 34.0 Å². The fourth-order valence-corrected chi connectivity index (χ4v) is 7.73. The van der Waals surface area contributed by atoms with Gasteiger partial charge in [0.1, 0.15) is 5.82 Å². The van der Waals surface area contributed by atoms with E-state index in [1.165, 1.54) is 11.3 Å². The van der Waals surface area contributed by atoms with Crippen molar-refractivity contribution in [2.24, 2.45) is 11.8 Å². The summed E-state index contributed by atoms with van der Waals surface area (Å²) >= 11 is 7.33. The van der Waals surface area contributed by atoms with Crippen molar-refractivity contribution in [3.05, 3.63) is 68.6 Å². The average molecular weight is 560 g/mol. The minimum absolute atomic E-state index is 0.0708. The molecule has 37 heavy (non-hydrogen) atoms. The van der Waals surface area contributed by atoms with Crippen LogP contribution in [0.5, 0.6) is 0 Å². The van der Waals surface area contributed by atoms with Gasteiger partial charge in [-0.25, -0.2) is 23.4 Å². The van der Waals surface area contributed by atoms with Crippen LogP contribution in [0.1, 0.15) is 70.9 Å². The second kappa shape index (κ2) is 10.8. The van der Waals surface area contributed by atoms with Gasteiger partial charge in [-0.2, -0.15) is 0 Å². The molecule has 11 heteroatoms. The van der Waals surface area contributed by atoms with E-state index < -0.39 is 9.84 Å². The van der Waals surface area contributed by atoms with Crippen molar-refractivity contribution in [2.75, 3.05) is 5.75 Å². The zero-order valence-corrected chi connectivity index (χ0v) is 23.2. The van der Waals surface area contributed by atoms with E-state index in [1.54, 1.807) is 36.7 Å². The lowest BCUT2D eigenvalue weighted by Gasteiger charge is -2.26. The molecule has 0 radical (unpaired) electrons. The minimum atomic E-state index is -3.26. The summed E-state index contributed by atoms with van der Waals surface area (Å²) < 4.78 is 25.2. The number of sulfone groups is 1. The Balaban J connectivity index is 1.20. The second-order valence-corrected chi connectivity index (χ2v) is 13.7. The Bertz CT molecular complexity index is 1370. The molecule has 196 valence electrons. The molecule has 3 aromatic rings. The third-order valence-electron chi connectivity index (χ3n) is 7.01. The Morgan fingerprint density at radius 3 is 2.51 bits per heavy atom. The first-order valence-electron chi connectivity index (χ1n) is 12.5. The summed E-state index contributed by atoms with van der Waals surface area (Å²) in [6.07, 6.45) is 6.31. The summed E-state index contributed by atoms with van der Waals surface area (Å²) in [4.78, 5) is 30.0. The molecular formula is C26H30ClN5O3S2. The van der Waals surface area contributed by atoms with E-state index in [0.29, 0.717) is 46.3 Å². The van der Waals surface area contributed by atoms with Crippen LogP contribution < -0.4 is 5.32 Å². The van der Waals surface area contributed by atoms with E-state index in [1.807, 2.05) is 0 Å². The number of rotatable bonds is 9. The Hall–Kier alpha value is -2.40. The molecule has 0 saturated heterocycles. The monoisotopic (exact) mass is 559 g/mol. The molecule has 1 aliphatic heterocycles. The highest BCUT2D eigenvalue weighted by Crippen LogP contribution is 2.41. The number of benzene rings is 1. The molecular weight excluding hydrogens is 530 g/mol. The molecule has 3 heterocycles. The van der Waals surface area contributed by atoms with Gasteiger partial charge in [-0.1, -0.05) is 44.0 Å². The maximum Gasteiger partial charge on any atom is 0.280 e. The van der Waals surface area contributed by atoms with E-state index in [4.69, 9.17) is 16.6 Å². The molecule has 1 fully saturated rings. The van der Waals surface area contributed by atoms with E-state index in [-0.39, 0.29) is 23.6 Å². The summed E-state index contributed by atoms with van der Waals surface area (Å²) in [5.41, 5.74) is 1.79. The quantitative estimate of drug-likeness (QED) is 0.401. The Morgan fingerprint density at radius 1 is 1.19 bits per heavy atom. The number of aromatic nitrogens is 3. The van der Waals surface area contributed by atoms with Crippen molar-refractivity contribution in [3.8, 4) is 0 Å². The van der Waals surface area contributed by atoms with Crippen LogP contribution in [-0.2, 0) is 29.5 Å². The number of hydrogen-bond acceptors (Lipinski definition) is 8. The number of nitrogens with one attached hydrogen (secondary N) is 1. The van der Waals surface area contributed by atoms with Crippen LogP contribution in [0.3, 0.4) is 0 Å². The highest BCUT2D eigenvalue weighted by Gasteiger charge is 2.37. The second-order valence-electron chi connectivity index (χ2n) is 10.1. The van der Waals surface area contributed by atoms with Crippen LogP contribution in [0.4, 0.5) is 0 Å². The van der Waals surface area contributed by atoms with Crippen LogP contribution in [0.25, 0.3) is 0 Å². The molecule has 1 aliphatic carbocycles. The third kappa shape index (κ3) is 5.87. The lowest BCUT2D eigenvalue weighted by Crippen LogP contribution is -2.27. The molecule has 0 unspecified atom stereocenters. The SMILES string of the molecule is CC(C)[C@H]1c2nc(C(=O)NCc3ccc(S(=O)(=O)CC4CCC4)cc3)sc2CN1Cc1ncc(Cl)cn1. The first kappa shape index (κ1) is 26.2. The molecule has 1 atom stereocenters. The number of hydrogen-bond donors (Lipinski definition) is 1. The average Bonchev–Trinajstić information content (AvgIpc) is 3.39. The fraction of sp³-hybridized carbons (Fsp3) is 0.462. The topological polar surface area (TPSA) is 105 Å². The summed E-state index contributed by atoms with van der Waals surface area (Å²) in [6, 6.07) is 6.88. The summed E-state index contributed by atoms with van der Waals surface area (Å²) in [7, 11) is -3.26. The first-order chi connectivity index (χ1) is 17.7. The molecule has 1 saturated carbocycles. The van der Waals surface area contributed by atoms with Gasteiger partial charge in [0.2, 0.25) is 0 Å². The smallest absolute Gasteiger partial charge is 0.280 e. The van der Waals surface area contributed by atoms with Gasteiger partial charge < -0.3 is 5.32 Å². The number of thiazole rings is 1. The van der Waals surface area contributed by atoms with Gasteiger partial charge in [0.15, 0.2) is 14.8 Å². The zero-order valence-electron chi connectivity index (χ0n) is 20.9. The fourth-order valence-electron chi connectivity index (χ4n) is 4.89. The normalized spacial score (nSPS) is 18.1. The number of fused-ring (bicyclic) bond motifs is 1. The van der Waals surface area contributed by atoms with Gasteiger partial charge in [-0.05, 0) is 42.4 Å². The number of carbonyl (C=O) groups excluding carboxylic acids is 1. The van der Waals surface area contributed by atoms with Crippen molar-refractivity contribution in [1.82, 2.24) is 25.2 Å². The molecule has 1 N–H and O–H groups in total. The lowest BCUT2D eigenvalue weighted by molar-refractivity contribution is 0.0949. The number of amides is 1. The number of nitrogens with zero attached hydrogens (tertiary/aromatic N) is 4. The van der Waals surface area contributed by atoms with Crippen LogP contribution in [-0.4, -0.2) is 39.9 Å². The Labute approximate surface area is 226 Å². The standard InChI is InChI=1S/C26H30ClN5O3S2/c1-16(2)24-23-21(13-32(24)14-22-28-11-19(27)12-29-22)36-26(31-23)25(33)30-10-17-6-8-20(9-7-17)37(34,35)15-18-4-3-5-18/h6-9,11-12,16,18,24H,3-5,10,13-15H2,1-2H3,(H,30,33)/t24-/m0/s1. The van der Waals surface area contributed by atoms with E-state index >= 15 is 0 Å². The Kier molecular flexibility index (Phi) is 7.63. The van der Waals surface area contributed by atoms with Crippen LogP contribution in [0.2, 0.25) is 5.02 Å². The molecule has 1 amide bonds. The Morgan fingerprint density at radius 2 is 1.89 bits per heavy atom. The van der Waals surface area contributed by atoms with Crippen LogP contribution in [0.15, 0.2) is 41.6 Å². The van der Waals surface area contributed by atoms with Gasteiger partial charge in [-0.3, -0.25) is 9.69 Å². The van der Waals surface area contributed by atoms with E-state index in [9.17, 15) is 13.2 Å². The minimum Gasteiger partial charge on any atom is -0.346 e. The molecule has 8 nitrogen and oxygen atoms in total. The summed E-state index contributed by atoms with van der Waals surface area (Å²) in [5.74, 6) is 1.28. The molecule has 1 aromatic carbocycles. The molecule has 2 aliphatic rings. The van der Waals surface area contributed by atoms with Crippen molar-refractivity contribution < 1.29 is 13.2 Å². The maximum atomic E-state index is 12.9. The van der Waals surface area contributed by atoms with Gasteiger partial charge in [0.25, 0.3) is 5.91 Å². The molecule has 0 bridgehead atoms. The maximum absolute atomic E-state index is 12.9. The van der Waals surface area contributed by atoms with Crippen molar-refractivity contribution in [1.29, 1.82) is 0 Å². The lowest BCUT2D eigenvalue weighted by atomic mass is 9.87. The van der Waals surface area contributed by atoms with E-state index in [0.717, 1.165) is 35.4 Å². The number of carbonyl (C=O) groups is 1. The predicted molar refractivity (Wildman–Crippen MR) is 143 cm³/mol. The van der Waals surface area contributed by atoms with Crippen molar-refractivity contribution in [3.63, 3.8) is 0 Å². The highest BCUT2D eigenvalue weighted by molar-refractivity contribution is 7.91. The predicted octanol–water partition coefficient (Wildman–Crippen LogP) is 4.80. The summed E-state index contributed by atoms with van der Waals surface area (Å²) in [6.45, 7) is 5.86. The van der Waals surface area contributed by atoms with Gasteiger partial charge in [0, 0.05) is 30.4 Å². The third-order valence-corrected chi connectivity index (χ3v) is 10.2. The highest BCUT2D eigenvalue weighted by atomic mass is 35.5. The van der Waals surface area contributed by atoms with Gasteiger partial charge in [0.05, 0.1) is 34.0 Å². The van der Waals surface area contributed by atoms with Crippen LogP contribution >= 0.6 is 22.9 Å². The number of halogens is 1. The zero-order chi connectivity index (χ0) is 26.2. The molecule has 2 aromatic heterocycles. The molecule has 0 spiro atoms. The van der Waals surface area contributed by atoms with Gasteiger partial charge >= 0.3 is 0 Å². The largest absolute Gasteiger partial charge is 0.346 e. The van der Waals surface area contributed by atoms with Gasteiger partial charge in [-0.15, -0.1) is 11.3 Å². The first-order valence-corrected chi connectivity index (χ1v) is 15.3. The van der Waals surface area contributed by atoms with Crippen LogP contribution in [0, 0.1) is 11.8 Å².